The number of hydrogen-bond acceptors (Lipinski definition) is 2. The predicted octanol–water partition coefficient (Wildman–Crippen LogP) is 18.1. The van der Waals surface area contributed by atoms with E-state index in [4.69, 9.17) is 0 Å². The smallest absolute Gasteiger partial charge is 0.147 e. The lowest BCUT2D eigenvalue weighted by atomic mass is 9.94. The van der Waals surface area contributed by atoms with Crippen molar-refractivity contribution < 1.29 is 4.39 Å². The summed E-state index contributed by atoms with van der Waals surface area (Å²) in [6.45, 7) is 10.1. The molecule has 2 nitrogen and oxygen atoms in total. The summed E-state index contributed by atoms with van der Waals surface area (Å²) in [5.41, 5.74) is 13.4. The molecule has 0 unspecified atom stereocenters. The van der Waals surface area contributed by atoms with E-state index in [1.807, 2.05) is 98.8 Å². The monoisotopic (exact) mass is 910 g/mol. The molecule has 0 atom stereocenters. The van der Waals surface area contributed by atoms with E-state index in [9.17, 15) is 0 Å². The Morgan fingerprint density at radius 3 is 1.87 bits per heavy atom. The third kappa shape index (κ3) is 11.8. The fourth-order valence-corrected chi connectivity index (χ4v) is 8.76. The minimum absolute atomic E-state index is 0.236. The third-order valence-corrected chi connectivity index (χ3v) is 12.2. The highest BCUT2D eigenvalue weighted by Crippen LogP contribution is 2.37. The van der Waals surface area contributed by atoms with Crippen LogP contribution in [0.3, 0.4) is 0 Å². The van der Waals surface area contributed by atoms with Gasteiger partial charge in [-0.05, 0) is 122 Å². The van der Waals surface area contributed by atoms with Gasteiger partial charge in [0.05, 0.1) is 5.69 Å². The van der Waals surface area contributed by atoms with E-state index in [1.54, 1.807) is 6.07 Å². The van der Waals surface area contributed by atoms with Crippen molar-refractivity contribution in [2.24, 2.45) is 0 Å². The summed E-state index contributed by atoms with van der Waals surface area (Å²) >= 11 is 0. The van der Waals surface area contributed by atoms with Gasteiger partial charge in [-0.3, -0.25) is 0 Å². The second kappa shape index (κ2) is 24.0. The predicted molar refractivity (Wildman–Crippen MR) is 303 cm³/mol. The van der Waals surface area contributed by atoms with Gasteiger partial charge in [0.1, 0.15) is 5.82 Å². The third-order valence-electron chi connectivity index (χ3n) is 12.2. The molecule has 0 aromatic heterocycles. The maximum atomic E-state index is 15.1. The van der Waals surface area contributed by atoms with Crippen LogP contribution < -0.4 is 15.9 Å². The zero-order valence-corrected chi connectivity index (χ0v) is 40.2. The Morgan fingerprint density at radius 2 is 1.23 bits per heavy atom. The van der Waals surface area contributed by atoms with Gasteiger partial charge in [0, 0.05) is 28.5 Å². The maximum Gasteiger partial charge on any atom is 0.147 e. The molecule has 1 aliphatic rings. The van der Waals surface area contributed by atoms with Crippen LogP contribution in [0.2, 0.25) is 0 Å². The van der Waals surface area contributed by atoms with Gasteiger partial charge in [0.2, 0.25) is 0 Å². The molecule has 0 fully saturated rings. The Kier molecular flexibility index (Phi) is 16.4. The largest absolute Gasteiger partial charge is 0.361 e. The number of halogens is 1. The molecule has 0 saturated heterocycles. The lowest BCUT2D eigenvalue weighted by Crippen LogP contribution is -2.05. The van der Waals surface area contributed by atoms with E-state index in [-0.39, 0.29) is 5.82 Å². The fourth-order valence-electron chi connectivity index (χ4n) is 8.76. The van der Waals surface area contributed by atoms with Crippen molar-refractivity contribution in [3.63, 3.8) is 0 Å². The molecule has 344 valence electrons. The number of benzene rings is 9. The summed E-state index contributed by atoms with van der Waals surface area (Å²) in [5.74, 6) is -0.236. The van der Waals surface area contributed by atoms with Crippen LogP contribution in [0.15, 0.2) is 255 Å². The summed E-state index contributed by atoms with van der Waals surface area (Å²) in [6, 6.07) is 68.3. The molecule has 9 aromatic carbocycles. The molecule has 1 aliphatic carbocycles. The molecule has 0 bridgehead atoms. The highest BCUT2D eigenvalue weighted by atomic mass is 19.1. The van der Waals surface area contributed by atoms with Crippen molar-refractivity contribution >= 4 is 56.2 Å². The van der Waals surface area contributed by atoms with Crippen LogP contribution in [0.25, 0.3) is 67.1 Å². The highest BCUT2D eigenvalue weighted by molar-refractivity contribution is 6.16. The normalized spacial score (nSPS) is 12.7. The van der Waals surface area contributed by atoms with E-state index in [1.165, 1.54) is 37.9 Å². The summed E-state index contributed by atoms with van der Waals surface area (Å²) < 4.78 is 15.1. The van der Waals surface area contributed by atoms with Gasteiger partial charge in [-0.2, -0.15) is 0 Å². The topological polar surface area (TPSA) is 24.1 Å². The number of allylic oxidation sites excluding steroid dienone is 9. The Bertz CT molecular complexity index is 3380. The van der Waals surface area contributed by atoms with Gasteiger partial charge in [-0.25, -0.2) is 4.39 Å². The molecule has 0 saturated carbocycles. The van der Waals surface area contributed by atoms with Crippen LogP contribution in [0.5, 0.6) is 0 Å². The first kappa shape index (κ1) is 47.9. The van der Waals surface area contributed by atoms with Crippen molar-refractivity contribution in [3.05, 3.63) is 288 Å². The van der Waals surface area contributed by atoms with Crippen LogP contribution in [-0.4, -0.2) is 0 Å². The van der Waals surface area contributed by atoms with Gasteiger partial charge < -0.3 is 10.6 Å². The molecule has 10 rings (SSSR count). The molecule has 70 heavy (non-hydrogen) atoms. The van der Waals surface area contributed by atoms with Crippen molar-refractivity contribution in [3.8, 4) is 22.3 Å². The van der Waals surface area contributed by atoms with Crippen molar-refractivity contribution in [1.29, 1.82) is 0 Å². The van der Waals surface area contributed by atoms with Crippen LogP contribution in [0.4, 0.5) is 15.8 Å². The van der Waals surface area contributed by atoms with Crippen molar-refractivity contribution in [2.45, 2.75) is 33.6 Å². The fraction of sp³-hybridized carbons (Fsp3) is 0.0746. The molecule has 0 radical (unpaired) electrons. The van der Waals surface area contributed by atoms with E-state index in [2.05, 4.69) is 188 Å². The van der Waals surface area contributed by atoms with Crippen LogP contribution >= 0.6 is 0 Å². The zero-order valence-electron chi connectivity index (χ0n) is 40.2. The first-order valence-electron chi connectivity index (χ1n) is 24.2. The SMILES string of the molecule is C=C/C=c1/ccc2c(N/C=C(/C=C(\C=C/c3ccccc3)c3ccccc3)c3ccccc3)ccc3ccc(C)c1c32.CC.Fc1cc(-c2ccccc2)cc(-c2ccccc2)c1NC1=CC=CCC1. The molecular weight excluding hydrogens is 852 g/mol. The molecule has 9 aromatic rings. The van der Waals surface area contributed by atoms with E-state index in [0.29, 0.717) is 5.69 Å². The van der Waals surface area contributed by atoms with Crippen molar-refractivity contribution in [2.75, 3.05) is 10.6 Å². The first-order chi connectivity index (χ1) is 34.5. The molecule has 0 heterocycles. The second-order valence-corrected chi connectivity index (χ2v) is 16.8. The van der Waals surface area contributed by atoms with E-state index < -0.39 is 0 Å². The molecule has 0 amide bonds. The van der Waals surface area contributed by atoms with E-state index in [0.717, 1.165) is 68.8 Å². The van der Waals surface area contributed by atoms with E-state index >= 15 is 4.39 Å². The Hall–Kier alpha value is -8.53. The number of aryl methyl sites for hydroxylation is 1. The number of anilines is 2. The molecule has 2 N–H and O–H groups in total. The van der Waals surface area contributed by atoms with Gasteiger partial charge in [-0.15, -0.1) is 0 Å². The Labute approximate surface area is 413 Å². The standard InChI is InChI=1S/C41H33N.C24H20FN.C2H6/c1-3-13-34-24-26-38-39(27-25-35-22-20-30(2)40(34)41(35)38)42-29-37(33-18-11-6-12-19-33)28-36(32-16-9-5-10-17-32)23-21-31-14-7-4-8-15-31;25-23-17-20(18-10-4-1-5-11-18)16-22(19-12-6-2-7-13-19)24(23)26-21-14-8-3-9-15-21;1-2/h3-29,42H,1H2,2H3;1-8,10-14,16-17,26H,9,15H2;1-2H3/b23-21-,34-13-,36-28+,37-29-;;. The highest BCUT2D eigenvalue weighted by Gasteiger charge is 2.16. The van der Waals surface area contributed by atoms with Gasteiger partial charge >= 0.3 is 0 Å². The lowest BCUT2D eigenvalue weighted by Gasteiger charge is -2.18. The van der Waals surface area contributed by atoms with Gasteiger partial charge in [0.15, 0.2) is 0 Å². The van der Waals surface area contributed by atoms with Crippen LogP contribution in [0, 0.1) is 12.7 Å². The number of hydrogen-bond donors (Lipinski definition) is 2. The molecule has 0 spiro atoms. The minimum Gasteiger partial charge on any atom is -0.361 e. The van der Waals surface area contributed by atoms with Gasteiger partial charge in [-0.1, -0.05) is 239 Å². The summed E-state index contributed by atoms with van der Waals surface area (Å²) in [4.78, 5) is 0. The Balaban J connectivity index is 0.000000201. The summed E-state index contributed by atoms with van der Waals surface area (Å²) in [6.07, 6.45) is 20.7. The van der Waals surface area contributed by atoms with Crippen molar-refractivity contribution in [1.82, 2.24) is 0 Å². The maximum absolute atomic E-state index is 15.1. The average molecular weight is 911 g/mol. The molecule has 0 aliphatic heterocycles. The lowest BCUT2D eigenvalue weighted by molar-refractivity contribution is 0.632. The van der Waals surface area contributed by atoms with Gasteiger partial charge in [0.25, 0.3) is 0 Å². The first-order valence-corrected chi connectivity index (χ1v) is 24.2. The molecule has 3 heteroatoms. The zero-order chi connectivity index (χ0) is 48.5. The Morgan fingerprint density at radius 1 is 0.614 bits per heavy atom. The summed E-state index contributed by atoms with van der Waals surface area (Å²) in [5, 5.41) is 13.2. The molecular formula is C67H59FN2. The van der Waals surface area contributed by atoms with Crippen LogP contribution in [-0.2, 0) is 0 Å². The minimum atomic E-state index is -0.236. The number of nitrogens with one attached hydrogen (secondary N) is 2. The second-order valence-electron chi connectivity index (χ2n) is 16.8. The van der Waals surface area contributed by atoms with Crippen LogP contribution in [0.1, 0.15) is 48.9 Å². The average Bonchev–Trinajstić information content (AvgIpc) is 3.43. The summed E-state index contributed by atoms with van der Waals surface area (Å²) in [7, 11) is 0. The number of rotatable bonds is 12. The quantitative estimate of drug-likeness (QED) is 0.119.